The molecular formula is C15H15N3O3. The molecule has 21 heavy (non-hydrogen) atoms. The molecule has 0 unspecified atom stereocenters. The van der Waals surface area contributed by atoms with E-state index < -0.39 is 5.97 Å². The quantitative estimate of drug-likeness (QED) is 0.921. The average Bonchev–Trinajstić information content (AvgIpc) is 2.92. The molecule has 0 radical (unpaired) electrons. The number of hydrogen-bond acceptors (Lipinski definition) is 3. The summed E-state index contributed by atoms with van der Waals surface area (Å²) in [7, 11) is 0. The van der Waals surface area contributed by atoms with Gasteiger partial charge in [-0.15, -0.1) is 0 Å². The van der Waals surface area contributed by atoms with E-state index in [2.05, 4.69) is 5.10 Å². The Bertz CT molecular complexity index is 660. The molecule has 3 rings (SSSR count). The maximum atomic E-state index is 12.2. The average molecular weight is 285 g/mol. The molecule has 6 heteroatoms. The number of aliphatic carboxylic acids is 1. The number of para-hydroxylation sites is 1. The van der Waals surface area contributed by atoms with Crippen molar-refractivity contribution in [2.75, 3.05) is 13.1 Å². The second kappa shape index (κ2) is 5.40. The van der Waals surface area contributed by atoms with Crippen molar-refractivity contribution in [2.24, 2.45) is 5.92 Å². The third-order valence-electron chi connectivity index (χ3n) is 3.54. The van der Waals surface area contributed by atoms with Crippen LogP contribution in [0.15, 0.2) is 42.6 Å². The van der Waals surface area contributed by atoms with Gasteiger partial charge in [-0.25, -0.2) is 4.68 Å². The van der Waals surface area contributed by atoms with Crippen molar-refractivity contribution in [3.8, 4) is 5.69 Å². The van der Waals surface area contributed by atoms with Gasteiger partial charge in [-0.1, -0.05) is 18.2 Å². The maximum absolute atomic E-state index is 12.2. The highest BCUT2D eigenvalue weighted by molar-refractivity contribution is 5.92. The second-order valence-corrected chi connectivity index (χ2v) is 5.16. The number of carboxylic acids is 1. The third-order valence-corrected chi connectivity index (χ3v) is 3.54. The summed E-state index contributed by atoms with van der Waals surface area (Å²) in [5.74, 6) is -0.908. The summed E-state index contributed by atoms with van der Waals surface area (Å²) in [5.41, 5.74) is 1.27. The summed E-state index contributed by atoms with van der Waals surface area (Å²) in [4.78, 5) is 24.4. The summed E-state index contributed by atoms with van der Waals surface area (Å²) < 4.78 is 1.65. The highest BCUT2D eigenvalue weighted by atomic mass is 16.4. The first-order valence-electron chi connectivity index (χ1n) is 6.75. The Kier molecular flexibility index (Phi) is 3.43. The molecule has 1 aromatic heterocycles. The number of rotatable bonds is 4. The summed E-state index contributed by atoms with van der Waals surface area (Å²) >= 11 is 0. The van der Waals surface area contributed by atoms with Gasteiger partial charge in [0.1, 0.15) is 0 Å². The lowest BCUT2D eigenvalue weighted by molar-refractivity contribution is -0.139. The molecule has 0 aliphatic carbocycles. The molecule has 1 aliphatic heterocycles. The minimum Gasteiger partial charge on any atom is -0.481 e. The van der Waals surface area contributed by atoms with Gasteiger partial charge >= 0.3 is 5.97 Å². The Morgan fingerprint density at radius 3 is 2.57 bits per heavy atom. The topological polar surface area (TPSA) is 75.4 Å². The zero-order chi connectivity index (χ0) is 14.8. The predicted molar refractivity (Wildman–Crippen MR) is 75.2 cm³/mol. The van der Waals surface area contributed by atoms with Gasteiger partial charge in [-0.2, -0.15) is 5.10 Å². The molecule has 0 bridgehead atoms. The van der Waals surface area contributed by atoms with Crippen molar-refractivity contribution in [3.05, 3.63) is 48.3 Å². The van der Waals surface area contributed by atoms with Gasteiger partial charge in [-0.05, 0) is 18.2 Å². The summed E-state index contributed by atoms with van der Waals surface area (Å²) in [6.07, 6.45) is 1.86. The standard InChI is InChI=1S/C15H15N3O3/c19-14(20)8-11-9-17(10-11)15(21)13-6-7-18(16-13)12-4-2-1-3-5-12/h1-7,11H,8-10H2,(H,19,20). The Hall–Kier alpha value is -2.63. The van der Waals surface area contributed by atoms with Crippen LogP contribution in [0.2, 0.25) is 0 Å². The molecule has 2 heterocycles. The number of carbonyl (C=O) groups is 2. The Morgan fingerprint density at radius 1 is 1.19 bits per heavy atom. The SMILES string of the molecule is O=C(O)CC1CN(C(=O)c2ccn(-c3ccccc3)n2)C1. The van der Waals surface area contributed by atoms with Gasteiger partial charge < -0.3 is 10.0 Å². The molecule has 0 saturated carbocycles. The molecule has 1 fully saturated rings. The molecule has 1 aliphatic rings. The molecule has 6 nitrogen and oxygen atoms in total. The normalized spacial score (nSPS) is 14.8. The van der Waals surface area contributed by atoms with E-state index in [4.69, 9.17) is 5.11 Å². The highest BCUT2D eigenvalue weighted by Crippen LogP contribution is 2.21. The van der Waals surface area contributed by atoms with Crippen LogP contribution < -0.4 is 0 Å². The second-order valence-electron chi connectivity index (χ2n) is 5.16. The highest BCUT2D eigenvalue weighted by Gasteiger charge is 2.33. The van der Waals surface area contributed by atoms with Crippen LogP contribution >= 0.6 is 0 Å². The number of nitrogens with zero attached hydrogens (tertiary/aromatic N) is 3. The van der Waals surface area contributed by atoms with Gasteiger partial charge in [0.25, 0.3) is 5.91 Å². The molecule has 1 aromatic carbocycles. The molecule has 108 valence electrons. The first-order valence-corrected chi connectivity index (χ1v) is 6.75. The fourth-order valence-corrected chi connectivity index (χ4v) is 2.44. The lowest BCUT2D eigenvalue weighted by Crippen LogP contribution is -2.50. The number of carboxylic acid groups (broad SMARTS) is 1. The number of hydrogen-bond donors (Lipinski definition) is 1. The van der Waals surface area contributed by atoms with Crippen molar-refractivity contribution < 1.29 is 14.7 Å². The summed E-state index contributed by atoms with van der Waals surface area (Å²) in [6, 6.07) is 11.2. The number of amides is 1. The van der Waals surface area contributed by atoms with Crippen LogP contribution in [-0.2, 0) is 4.79 Å². The third kappa shape index (κ3) is 2.79. The zero-order valence-corrected chi connectivity index (χ0v) is 11.3. The van der Waals surface area contributed by atoms with Crippen molar-refractivity contribution in [1.29, 1.82) is 0 Å². The van der Waals surface area contributed by atoms with Crippen molar-refractivity contribution in [1.82, 2.24) is 14.7 Å². The van der Waals surface area contributed by atoms with E-state index in [1.54, 1.807) is 21.8 Å². The fraction of sp³-hybridized carbons (Fsp3) is 0.267. The Balaban J connectivity index is 1.65. The zero-order valence-electron chi connectivity index (χ0n) is 11.3. The van der Waals surface area contributed by atoms with Gasteiger partial charge in [0, 0.05) is 25.2 Å². The van der Waals surface area contributed by atoms with E-state index in [-0.39, 0.29) is 18.2 Å². The maximum Gasteiger partial charge on any atom is 0.303 e. The molecule has 2 aromatic rings. The number of aromatic nitrogens is 2. The number of benzene rings is 1. The van der Waals surface area contributed by atoms with E-state index in [9.17, 15) is 9.59 Å². The Morgan fingerprint density at radius 2 is 1.90 bits per heavy atom. The van der Waals surface area contributed by atoms with Crippen LogP contribution in [0.3, 0.4) is 0 Å². The fourth-order valence-electron chi connectivity index (χ4n) is 2.44. The van der Waals surface area contributed by atoms with Crippen LogP contribution in [0.5, 0.6) is 0 Å². The van der Waals surface area contributed by atoms with E-state index in [1.165, 1.54) is 0 Å². The van der Waals surface area contributed by atoms with Crippen LogP contribution in [0.1, 0.15) is 16.9 Å². The Labute approximate surface area is 121 Å². The molecule has 1 N–H and O–H groups in total. The van der Waals surface area contributed by atoms with Crippen LogP contribution in [-0.4, -0.2) is 44.8 Å². The number of likely N-dealkylation sites (tertiary alicyclic amines) is 1. The minimum absolute atomic E-state index is 0.0580. The van der Waals surface area contributed by atoms with E-state index >= 15 is 0 Å². The van der Waals surface area contributed by atoms with Gasteiger partial charge in [0.15, 0.2) is 5.69 Å². The molecular weight excluding hydrogens is 270 g/mol. The van der Waals surface area contributed by atoms with E-state index in [0.717, 1.165) is 5.69 Å². The largest absolute Gasteiger partial charge is 0.481 e. The van der Waals surface area contributed by atoms with Crippen LogP contribution in [0.4, 0.5) is 0 Å². The summed E-state index contributed by atoms with van der Waals surface area (Å²) in [6.45, 7) is 0.979. The monoisotopic (exact) mass is 285 g/mol. The van der Waals surface area contributed by atoms with Gasteiger partial charge in [0.05, 0.1) is 12.1 Å². The van der Waals surface area contributed by atoms with E-state index in [0.29, 0.717) is 18.8 Å². The van der Waals surface area contributed by atoms with Crippen LogP contribution in [0, 0.1) is 5.92 Å². The van der Waals surface area contributed by atoms with Crippen molar-refractivity contribution in [2.45, 2.75) is 6.42 Å². The van der Waals surface area contributed by atoms with Gasteiger partial charge in [0.2, 0.25) is 0 Å². The molecule has 0 atom stereocenters. The van der Waals surface area contributed by atoms with Crippen molar-refractivity contribution >= 4 is 11.9 Å². The lowest BCUT2D eigenvalue weighted by Gasteiger charge is -2.38. The summed E-state index contributed by atoms with van der Waals surface area (Å²) in [5, 5.41) is 13.0. The molecule has 1 amide bonds. The smallest absolute Gasteiger partial charge is 0.303 e. The van der Waals surface area contributed by atoms with Crippen molar-refractivity contribution in [3.63, 3.8) is 0 Å². The van der Waals surface area contributed by atoms with Crippen LogP contribution in [0.25, 0.3) is 5.69 Å². The lowest BCUT2D eigenvalue weighted by atomic mass is 9.96. The van der Waals surface area contributed by atoms with E-state index in [1.807, 2.05) is 30.3 Å². The minimum atomic E-state index is -0.819. The first-order chi connectivity index (χ1) is 10.1. The number of carbonyl (C=O) groups excluding carboxylic acids is 1. The first kappa shape index (κ1) is 13.4. The molecule has 1 saturated heterocycles. The predicted octanol–water partition coefficient (Wildman–Crippen LogP) is 1.42. The molecule has 0 spiro atoms. The van der Waals surface area contributed by atoms with Gasteiger partial charge in [-0.3, -0.25) is 9.59 Å².